The van der Waals surface area contributed by atoms with E-state index >= 15 is 4.79 Å². The maximum absolute atomic E-state index is 15.5. The van der Waals surface area contributed by atoms with Gasteiger partial charge in [-0.25, -0.2) is 9.97 Å². The number of allylic oxidation sites excluding steroid dienone is 3. The van der Waals surface area contributed by atoms with Gasteiger partial charge in [-0.05, 0) is 111 Å². The second-order valence-electron chi connectivity index (χ2n) is 21.0. The van der Waals surface area contributed by atoms with E-state index in [0.29, 0.717) is 78.8 Å². The predicted octanol–water partition coefficient (Wildman–Crippen LogP) is 8.26. The van der Waals surface area contributed by atoms with Gasteiger partial charge < -0.3 is 49.5 Å². The number of hydrogen-bond acceptors (Lipinski definition) is 12. The van der Waals surface area contributed by atoms with Gasteiger partial charge >= 0.3 is 30.3 Å². The molecule has 5 amide bonds. The molecule has 4 aliphatic rings. The average molecular weight is 1190 g/mol. The summed E-state index contributed by atoms with van der Waals surface area (Å²) in [5.74, 6) is -12.4. The molecule has 0 fully saturated rings. The number of carbonyl (C=O) groups is 9. The van der Waals surface area contributed by atoms with Crippen LogP contribution in [0.5, 0.6) is 0 Å². The first-order chi connectivity index (χ1) is 39.9. The Balaban J connectivity index is 1.48. The molecule has 4 aliphatic heterocycles. The van der Waals surface area contributed by atoms with Crippen LogP contribution in [-0.2, 0) is 57.2 Å². The van der Waals surface area contributed by atoms with E-state index in [1.54, 1.807) is 19.1 Å². The average Bonchev–Trinajstić information content (AvgIpc) is 1.97. The highest BCUT2D eigenvalue weighted by atomic mass is 19.4. The summed E-state index contributed by atoms with van der Waals surface area (Å²) in [5.41, 5.74) is 0.963. The Bertz CT molecular complexity index is 3500. The molecule has 21 nitrogen and oxygen atoms in total. The number of carboxylic acid groups (broad SMARTS) is 3. The van der Waals surface area contributed by atoms with Crippen molar-refractivity contribution in [2.45, 2.75) is 117 Å². The van der Waals surface area contributed by atoms with Crippen molar-refractivity contribution in [2.75, 3.05) is 45.9 Å². The lowest BCUT2D eigenvalue weighted by Crippen LogP contribution is -2.50. The zero-order chi connectivity index (χ0) is 62.7. The fraction of sp³-hybridized carbons (Fsp3) is 0.431. The molecule has 1 unspecified atom stereocenters. The van der Waals surface area contributed by atoms with Gasteiger partial charge in [0, 0.05) is 47.3 Å². The van der Waals surface area contributed by atoms with E-state index in [1.165, 1.54) is 6.92 Å². The Morgan fingerprint density at radius 1 is 0.718 bits per heavy atom. The van der Waals surface area contributed by atoms with E-state index in [4.69, 9.17) is 14.7 Å². The molecule has 0 aliphatic carbocycles. The number of rotatable bonds is 23. The number of aromatic nitrogens is 4. The van der Waals surface area contributed by atoms with Crippen molar-refractivity contribution in [2.24, 2.45) is 0 Å². The van der Waals surface area contributed by atoms with Gasteiger partial charge in [-0.15, -0.1) is 0 Å². The number of H-pyrrole nitrogens is 2. The normalized spacial score (nSPS) is 15.9. The van der Waals surface area contributed by atoms with Crippen LogP contribution >= 0.6 is 0 Å². The first kappa shape index (κ1) is 63.8. The summed E-state index contributed by atoms with van der Waals surface area (Å²) in [6.45, 7) is 5.70. The highest BCUT2D eigenvalue weighted by molar-refractivity contribution is 6.23. The number of nitrogens with one attached hydrogen (secondary N) is 2. The van der Waals surface area contributed by atoms with E-state index in [0.717, 1.165) is 29.6 Å². The fourth-order valence-corrected chi connectivity index (χ4v) is 10.9. The van der Waals surface area contributed by atoms with E-state index in [-0.39, 0.29) is 52.2 Å². The number of aromatic amines is 2. The molecule has 3 aromatic rings. The fourth-order valence-electron chi connectivity index (χ4n) is 10.9. The van der Waals surface area contributed by atoms with Crippen LogP contribution in [0.15, 0.2) is 36.4 Å². The Hall–Kier alpha value is -8.75. The monoisotopic (exact) mass is 1190 g/mol. The van der Waals surface area contributed by atoms with Gasteiger partial charge in [-0.3, -0.25) is 43.3 Å². The Morgan fingerprint density at radius 2 is 1.27 bits per heavy atom. The third kappa shape index (κ3) is 13.9. The minimum atomic E-state index is -5.30. The lowest BCUT2D eigenvalue weighted by molar-refractivity contribution is -0.152. The molecular formula is C58H62F6N8O13. The molecule has 454 valence electrons. The third-order valence-electron chi connectivity index (χ3n) is 15.3. The maximum Gasteiger partial charge on any atom is 0.416 e. The van der Waals surface area contributed by atoms with Crippen LogP contribution in [0, 0.1) is 6.92 Å². The quantitative estimate of drug-likeness (QED) is 0.0258. The summed E-state index contributed by atoms with van der Waals surface area (Å²) in [6.07, 6.45) is -9.81. The second kappa shape index (κ2) is 25.6. The van der Waals surface area contributed by atoms with Crippen LogP contribution in [0.4, 0.5) is 26.3 Å². The molecule has 2 aromatic heterocycles. The number of nitrogens with zero attached hydrogens (tertiary/aromatic N) is 6. The third-order valence-corrected chi connectivity index (χ3v) is 15.3. The number of aldehydes is 1. The first-order valence-corrected chi connectivity index (χ1v) is 27.1. The number of halogens is 6. The summed E-state index contributed by atoms with van der Waals surface area (Å²) < 4.78 is 92.1. The number of amides is 5. The highest BCUT2D eigenvalue weighted by Crippen LogP contribution is 2.46. The Labute approximate surface area is 482 Å². The summed E-state index contributed by atoms with van der Waals surface area (Å²) in [5, 5.41) is 28.5. The molecule has 0 saturated carbocycles. The van der Waals surface area contributed by atoms with Crippen molar-refractivity contribution in [1.82, 2.24) is 39.5 Å². The number of benzene rings is 1. The smallest absolute Gasteiger partial charge is 0.416 e. The maximum atomic E-state index is 15.5. The second-order valence-corrected chi connectivity index (χ2v) is 21.0. The Morgan fingerprint density at radius 3 is 1.84 bits per heavy atom. The minimum Gasteiger partial charge on any atom is -0.480 e. The first-order valence-electron chi connectivity index (χ1n) is 27.1. The number of hydrogen-bond donors (Lipinski definition) is 5. The lowest BCUT2D eigenvalue weighted by atomic mass is 9.84. The van der Waals surface area contributed by atoms with Gasteiger partial charge in [0.05, 0.1) is 69.7 Å². The molecule has 8 bridgehead atoms. The minimum absolute atomic E-state index is 0.00655. The number of alkyl halides is 6. The van der Waals surface area contributed by atoms with Crippen LogP contribution in [0.3, 0.4) is 0 Å². The topological polar surface area (TPSA) is 294 Å². The number of carboxylic acids is 3. The standard InChI is InChI=1S/C58H62F6N8O13/c1-8-10-15-85-32(7)50-30(5)40-19-39-29(4)37(11-12-44(74)70(23-45(75)69(13-14-73)25-47(77)78)24-46(76)71(26-48(79)80)27-49(81)82)53(67-39)52-54-51(31(6)41(68-54)20-42-36(9-2)28(3)38(65-42)21-43(50)66-40)55(83)72(56(52)84)22-33-16-34(57(59,60)61)18-35(17-33)58(62,63)64/h14,16-21,29,32,37,67-68H,8-13,15,22-27H2,1-7H3,(H,77,78)(H,79,80)(H,81,82)/t29-,32?,37-/m0/s1. The summed E-state index contributed by atoms with van der Waals surface area (Å²) in [7, 11) is 0. The van der Waals surface area contributed by atoms with E-state index < -0.39 is 147 Å². The summed E-state index contributed by atoms with van der Waals surface area (Å²) in [4.78, 5) is 138. The van der Waals surface area contributed by atoms with Crippen molar-refractivity contribution in [3.8, 4) is 0 Å². The predicted molar refractivity (Wildman–Crippen MR) is 292 cm³/mol. The van der Waals surface area contributed by atoms with E-state index in [1.807, 2.05) is 40.7 Å². The van der Waals surface area contributed by atoms with Crippen LogP contribution in [-0.4, -0.2) is 161 Å². The number of aliphatic carboxylic acids is 3. The van der Waals surface area contributed by atoms with Gasteiger partial charge in [-0.1, -0.05) is 27.2 Å². The van der Waals surface area contributed by atoms with Crippen LogP contribution in [0.2, 0.25) is 0 Å². The largest absolute Gasteiger partial charge is 0.480 e. The number of unbranched alkanes of at least 4 members (excludes halogenated alkanes) is 1. The highest BCUT2D eigenvalue weighted by Gasteiger charge is 2.43. The molecule has 27 heteroatoms. The number of ether oxygens (including phenoxy) is 1. The lowest BCUT2D eigenvalue weighted by Gasteiger charge is -2.29. The molecule has 6 heterocycles. The Kier molecular flexibility index (Phi) is 19.2. The molecule has 0 radical (unpaired) electrons. The van der Waals surface area contributed by atoms with Crippen molar-refractivity contribution in [3.05, 3.63) is 104 Å². The van der Waals surface area contributed by atoms with Crippen molar-refractivity contribution in [1.29, 1.82) is 0 Å². The van der Waals surface area contributed by atoms with Gasteiger partial charge in [-0.2, -0.15) is 26.3 Å². The van der Waals surface area contributed by atoms with Crippen molar-refractivity contribution in [3.63, 3.8) is 0 Å². The summed E-state index contributed by atoms with van der Waals surface area (Å²) >= 11 is 0. The molecule has 5 N–H and O–H groups in total. The van der Waals surface area contributed by atoms with E-state index in [2.05, 4.69) is 9.97 Å². The van der Waals surface area contributed by atoms with Gasteiger partial charge in [0.25, 0.3) is 11.8 Å². The summed E-state index contributed by atoms with van der Waals surface area (Å²) in [6, 6.07) is 5.87. The van der Waals surface area contributed by atoms with E-state index in [9.17, 15) is 80.0 Å². The van der Waals surface area contributed by atoms with Crippen LogP contribution in [0.1, 0.15) is 163 Å². The number of fused-ring (bicyclic) bond motifs is 8. The molecule has 1 aromatic carbocycles. The number of aryl methyl sites for hydroxylation is 1. The number of carbonyl (C=O) groups excluding carboxylic acids is 6. The van der Waals surface area contributed by atoms with Crippen molar-refractivity contribution >= 4 is 87.1 Å². The van der Waals surface area contributed by atoms with Gasteiger partial charge in [0.15, 0.2) is 0 Å². The van der Waals surface area contributed by atoms with Gasteiger partial charge in [0.2, 0.25) is 17.7 Å². The van der Waals surface area contributed by atoms with Gasteiger partial charge in [0.1, 0.15) is 39.0 Å². The SMILES string of the molecule is CCCCOC(C)C1=C(C)c2cc3[nH]c(c4c5[nH]c(cc6nc(cc1n2)C(C)=C6CC)c(C)c5C(=O)N(Cc1cc(C(F)(F)F)cc(C(F)(F)F)c1)C4=O)[C@@H](CCC(=O)N(CC(=O)N(CC=O)CC(=O)O)CC(=O)N(CC(=O)O)CC(=O)O)[C@@H]3C. The zero-order valence-electron chi connectivity index (χ0n) is 47.3. The zero-order valence-corrected chi connectivity index (χ0v) is 47.3. The molecule has 0 spiro atoms. The molecule has 7 rings (SSSR count). The molecule has 0 saturated heterocycles. The van der Waals surface area contributed by atoms with Crippen LogP contribution in [0.25, 0.3) is 33.3 Å². The molecular weight excluding hydrogens is 1130 g/mol. The van der Waals surface area contributed by atoms with Crippen LogP contribution < -0.4 is 0 Å². The molecule has 3 atom stereocenters. The molecule has 85 heavy (non-hydrogen) atoms. The number of imide groups is 1. The van der Waals surface area contributed by atoms with Crippen molar-refractivity contribution < 1.29 is 89.5 Å².